The molecular weight excluding hydrogens is 267 g/mol. The molecule has 2 aromatic rings. The number of aromatic nitrogens is 4. The van der Waals surface area contributed by atoms with Crippen molar-refractivity contribution in [3.63, 3.8) is 0 Å². The topological polar surface area (TPSA) is 43.6 Å². The normalized spacial score (nSPS) is 10.5. The Morgan fingerprint density at radius 1 is 1.50 bits per heavy atom. The van der Waals surface area contributed by atoms with Gasteiger partial charge in [0.2, 0.25) is 0 Å². The molecule has 0 bridgehead atoms. The first-order chi connectivity index (χ1) is 6.66. The number of hydrogen-bond acceptors (Lipinski definition) is 3. The van der Waals surface area contributed by atoms with Crippen LogP contribution in [0.4, 0.5) is 0 Å². The van der Waals surface area contributed by atoms with Gasteiger partial charge < -0.3 is 0 Å². The number of hydrogen-bond donors (Lipinski definition) is 0. The van der Waals surface area contributed by atoms with Crippen LogP contribution in [-0.4, -0.2) is 19.7 Å². The Morgan fingerprint density at radius 2 is 2.29 bits per heavy atom. The lowest BCUT2D eigenvalue weighted by atomic mass is 10.4. The van der Waals surface area contributed by atoms with Crippen molar-refractivity contribution in [2.24, 2.45) is 7.05 Å². The summed E-state index contributed by atoms with van der Waals surface area (Å²) in [5, 5.41) is 4.56. The van der Waals surface area contributed by atoms with E-state index in [0.29, 0.717) is 21.1 Å². The van der Waals surface area contributed by atoms with Crippen LogP contribution in [-0.2, 0) is 7.05 Å². The third kappa shape index (κ3) is 1.78. The van der Waals surface area contributed by atoms with Crippen LogP contribution in [0.15, 0.2) is 22.9 Å². The molecule has 0 saturated heterocycles. The van der Waals surface area contributed by atoms with Gasteiger partial charge in [-0.1, -0.05) is 11.6 Å². The lowest BCUT2D eigenvalue weighted by Gasteiger charge is -1.97. The molecule has 0 aliphatic rings. The van der Waals surface area contributed by atoms with Gasteiger partial charge in [-0.2, -0.15) is 5.10 Å². The average Bonchev–Trinajstić information content (AvgIpc) is 2.57. The zero-order chi connectivity index (χ0) is 10.1. The average molecular weight is 274 g/mol. The van der Waals surface area contributed by atoms with Crippen LogP contribution in [0, 0.1) is 0 Å². The van der Waals surface area contributed by atoms with Crippen molar-refractivity contribution in [3.05, 3.63) is 28.1 Å². The maximum atomic E-state index is 5.84. The molecule has 0 N–H and O–H groups in total. The molecule has 4 nitrogen and oxygen atoms in total. The molecule has 0 aliphatic carbocycles. The molecule has 0 fully saturated rings. The van der Waals surface area contributed by atoms with Crippen LogP contribution in [0.5, 0.6) is 0 Å². The summed E-state index contributed by atoms with van der Waals surface area (Å²) in [4.78, 5) is 8.19. The number of halogens is 2. The third-order valence-corrected chi connectivity index (χ3v) is 2.74. The lowest BCUT2D eigenvalue weighted by Crippen LogP contribution is -1.92. The van der Waals surface area contributed by atoms with E-state index >= 15 is 0 Å². The van der Waals surface area contributed by atoms with E-state index in [1.54, 1.807) is 10.9 Å². The minimum Gasteiger partial charge on any atom is -0.275 e. The molecule has 0 unspecified atom stereocenters. The largest absolute Gasteiger partial charge is 0.275 e. The molecule has 6 heteroatoms. The first kappa shape index (κ1) is 9.61. The first-order valence-electron chi connectivity index (χ1n) is 3.85. The van der Waals surface area contributed by atoms with E-state index in [-0.39, 0.29) is 0 Å². The summed E-state index contributed by atoms with van der Waals surface area (Å²) >= 11 is 9.06. The van der Waals surface area contributed by atoms with Crippen molar-refractivity contribution in [3.8, 4) is 11.5 Å². The van der Waals surface area contributed by atoms with Crippen LogP contribution < -0.4 is 0 Å². The highest BCUT2D eigenvalue weighted by Gasteiger charge is 2.06. The quantitative estimate of drug-likeness (QED) is 0.749. The molecule has 0 amide bonds. The highest BCUT2D eigenvalue weighted by atomic mass is 79.9. The van der Waals surface area contributed by atoms with Gasteiger partial charge in [0.15, 0.2) is 5.82 Å². The van der Waals surface area contributed by atoms with Crippen molar-refractivity contribution >= 4 is 27.5 Å². The van der Waals surface area contributed by atoms with Crippen LogP contribution in [0.25, 0.3) is 11.5 Å². The van der Waals surface area contributed by atoms with Gasteiger partial charge in [0, 0.05) is 19.4 Å². The van der Waals surface area contributed by atoms with Crippen LogP contribution in [0.3, 0.4) is 0 Å². The van der Waals surface area contributed by atoms with Crippen molar-refractivity contribution in [2.45, 2.75) is 0 Å². The zero-order valence-corrected chi connectivity index (χ0v) is 9.62. The molecule has 0 spiro atoms. The molecule has 0 atom stereocenters. The fourth-order valence-electron chi connectivity index (χ4n) is 1.00. The van der Waals surface area contributed by atoms with E-state index in [9.17, 15) is 0 Å². The van der Waals surface area contributed by atoms with E-state index in [2.05, 4.69) is 31.0 Å². The Kier molecular flexibility index (Phi) is 2.52. The molecule has 2 aromatic heterocycles. The molecule has 0 saturated carbocycles. The van der Waals surface area contributed by atoms with Gasteiger partial charge in [-0.25, -0.2) is 9.97 Å². The van der Waals surface area contributed by atoms with Crippen LogP contribution in [0.1, 0.15) is 0 Å². The van der Waals surface area contributed by atoms with Crippen molar-refractivity contribution < 1.29 is 0 Å². The number of nitrogens with zero attached hydrogens (tertiary/aromatic N) is 4. The Labute approximate surface area is 94.1 Å². The van der Waals surface area contributed by atoms with Crippen LogP contribution in [0.2, 0.25) is 5.15 Å². The van der Waals surface area contributed by atoms with Gasteiger partial charge in [-0.05, 0) is 22.0 Å². The van der Waals surface area contributed by atoms with Gasteiger partial charge >= 0.3 is 0 Å². The summed E-state index contributed by atoms with van der Waals surface area (Å²) in [5.41, 5.74) is 0.710. The minimum atomic E-state index is 0.389. The highest BCUT2D eigenvalue weighted by Crippen LogP contribution is 2.21. The molecule has 14 heavy (non-hydrogen) atoms. The molecule has 0 aromatic carbocycles. The maximum absolute atomic E-state index is 5.84. The van der Waals surface area contributed by atoms with Gasteiger partial charge in [0.25, 0.3) is 0 Å². The second-order valence-electron chi connectivity index (χ2n) is 2.71. The molecule has 2 rings (SSSR count). The predicted molar refractivity (Wildman–Crippen MR) is 56.9 cm³/mol. The van der Waals surface area contributed by atoms with E-state index in [1.165, 1.54) is 0 Å². The van der Waals surface area contributed by atoms with Gasteiger partial charge in [0.05, 0.1) is 4.47 Å². The van der Waals surface area contributed by atoms with E-state index in [0.717, 1.165) is 0 Å². The number of rotatable bonds is 1. The van der Waals surface area contributed by atoms with Crippen molar-refractivity contribution in [1.82, 2.24) is 19.7 Å². The molecule has 2 heterocycles. The van der Waals surface area contributed by atoms with Crippen molar-refractivity contribution in [1.29, 1.82) is 0 Å². The summed E-state index contributed by atoms with van der Waals surface area (Å²) < 4.78 is 2.37. The maximum Gasteiger partial charge on any atom is 0.181 e. The SMILES string of the molecule is Cn1ccc(-c2ncc(Br)c(Cl)n2)n1. The Morgan fingerprint density at radius 3 is 2.86 bits per heavy atom. The van der Waals surface area contributed by atoms with E-state index < -0.39 is 0 Å². The summed E-state index contributed by atoms with van der Waals surface area (Å²) in [6.45, 7) is 0. The third-order valence-electron chi connectivity index (χ3n) is 1.64. The Balaban J connectivity index is 2.47. The Hall–Kier alpha value is -0.940. The van der Waals surface area contributed by atoms with E-state index in [4.69, 9.17) is 11.6 Å². The summed E-state index contributed by atoms with van der Waals surface area (Å²) in [6.07, 6.45) is 3.44. The van der Waals surface area contributed by atoms with Gasteiger partial charge in [-0.3, -0.25) is 4.68 Å². The smallest absolute Gasteiger partial charge is 0.181 e. The van der Waals surface area contributed by atoms with E-state index in [1.807, 2.05) is 19.3 Å². The monoisotopic (exact) mass is 272 g/mol. The predicted octanol–water partition coefficient (Wildman–Crippen LogP) is 2.29. The van der Waals surface area contributed by atoms with Gasteiger partial charge in [0.1, 0.15) is 10.8 Å². The summed E-state index contributed by atoms with van der Waals surface area (Å²) in [5.74, 6) is 0.527. The van der Waals surface area contributed by atoms with Crippen molar-refractivity contribution in [2.75, 3.05) is 0 Å². The second-order valence-corrected chi connectivity index (χ2v) is 3.92. The fourth-order valence-corrected chi connectivity index (χ4v) is 1.32. The van der Waals surface area contributed by atoms with Gasteiger partial charge in [-0.15, -0.1) is 0 Å². The molecule has 72 valence electrons. The number of aryl methyl sites for hydroxylation is 1. The molecule has 0 aliphatic heterocycles. The zero-order valence-electron chi connectivity index (χ0n) is 7.28. The molecular formula is C8H6BrClN4. The highest BCUT2D eigenvalue weighted by molar-refractivity contribution is 9.10. The Bertz CT molecular complexity index is 468. The second kappa shape index (κ2) is 3.67. The van der Waals surface area contributed by atoms with Crippen LogP contribution >= 0.6 is 27.5 Å². The minimum absolute atomic E-state index is 0.389. The standard InChI is InChI=1S/C8H6BrClN4/c1-14-3-2-6(13-14)8-11-4-5(9)7(10)12-8/h2-4H,1H3. The lowest BCUT2D eigenvalue weighted by molar-refractivity contribution is 0.768. The fraction of sp³-hybridized carbons (Fsp3) is 0.125. The summed E-state index contributed by atoms with van der Waals surface area (Å²) in [6, 6.07) is 1.83. The molecule has 0 radical (unpaired) electrons. The first-order valence-corrected chi connectivity index (χ1v) is 5.02. The summed E-state index contributed by atoms with van der Waals surface area (Å²) in [7, 11) is 1.84.